The molecule has 2 saturated heterocycles. The molecule has 3 aliphatic rings. The quantitative estimate of drug-likeness (QED) is 0.262. The van der Waals surface area contributed by atoms with Gasteiger partial charge < -0.3 is 19.9 Å². The van der Waals surface area contributed by atoms with E-state index in [-0.39, 0.29) is 42.3 Å². The number of carboxylic acid groups (broad SMARTS) is 1. The molecule has 240 valence electrons. The van der Waals surface area contributed by atoms with Crippen LogP contribution in [0.25, 0.3) is 17.2 Å². The molecule has 0 unspecified atom stereocenters. The van der Waals surface area contributed by atoms with Crippen molar-refractivity contribution >= 4 is 52.2 Å². The fraction of sp³-hybridized carbons (Fsp3) is 0.438. The number of nitrogens with zero attached hydrogens (tertiary/aromatic N) is 2. The maximum atomic E-state index is 14.7. The van der Waals surface area contributed by atoms with E-state index in [4.69, 9.17) is 21.7 Å². The van der Waals surface area contributed by atoms with Crippen LogP contribution in [0.2, 0.25) is 0 Å². The second-order valence-electron chi connectivity index (χ2n) is 11.2. The Labute approximate surface area is 269 Å². The van der Waals surface area contributed by atoms with E-state index < -0.39 is 17.6 Å². The lowest BCUT2D eigenvalue weighted by Crippen LogP contribution is -2.40. The molecule has 2 aliphatic heterocycles. The summed E-state index contributed by atoms with van der Waals surface area (Å²) in [6.07, 6.45) is 3.94. The average Bonchev–Trinajstić information content (AvgIpc) is 3.28. The lowest BCUT2D eigenvalue weighted by atomic mass is 9.86. The van der Waals surface area contributed by atoms with Gasteiger partial charge in [0.2, 0.25) is 5.91 Å². The van der Waals surface area contributed by atoms with Crippen LogP contribution in [0.1, 0.15) is 37.7 Å². The van der Waals surface area contributed by atoms with Crippen LogP contribution in [0.15, 0.2) is 41.3 Å². The maximum Gasteiger partial charge on any atom is 0.306 e. The van der Waals surface area contributed by atoms with Crippen molar-refractivity contribution in [3.63, 3.8) is 0 Å². The SMILES string of the molecule is O=C(CCN1C(=O)C(=Cc2cc(-c3ccc(F)cc3F)ccc2OCCN2CCOCC2)SC1=S)NC1CCC(C(=O)O)CC1. The predicted molar refractivity (Wildman–Crippen MR) is 171 cm³/mol. The number of ether oxygens (including phenoxy) is 2. The summed E-state index contributed by atoms with van der Waals surface area (Å²) in [6.45, 7) is 4.13. The number of rotatable bonds is 11. The Hall–Kier alpha value is -3.39. The topological polar surface area (TPSA) is 108 Å². The first-order chi connectivity index (χ1) is 21.7. The van der Waals surface area contributed by atoms with Crippen LogP contribution in [-0.4, -0.2) is 89.1 Å². The molecule has 1 aliphatic carbocycles. The van der Waals surface area contributed by atoms with Gasteiger partial charge in [-0.1, -0.05) is 30.0 Å². The van der Waals surface area contributed by atoms with E-state index in [0.29, 0.717) is 78.2 Å². The number of carbonyl (C=O) groups is 3. The Bertz CT molecular complexity index is 1470. The van der Waals surface area contributed by atoms with Crippen molar-refractivity contribution in [2.75, 3.05) is 46.0 Å². The zero-order valence-corrected chi connectivity index (χ0v) is 26.3. The van der Waals surface area contributed by atoms with Gasteiger partial charge in [0.05, 0.1) is 24.0 Å². The number of morpholine rings is 1. The molecule has 2 amide bonds. The van der Waals surface area contributed by atoms with Crippen molar-refractivity contribution in [3.05, 3.63) is 58.5 Å². The molecule has 2 aromatic rings. The molecule has 45 heavy (non-hydrogen) atoms. The van der Waals surface area contributed by atoms with Crippen molar-refractivity contribution in [1.82, 2.24) is 15.1 Å². The van der Waals surface area contributed by atoms with Gasteiger partial charge in [-0.05, 0) is 61.6 Å². The van der Waals surface area contributed by atoms with Crippen LogP contribution in [-0.2, 0) is 19.1 Å². The summed E-state index contributed by atoms with van der Waals surface area (Å²) in [7, 11) is 0. The van der Waals surface area contributed by atoms with E-state index in [1.165, 1.54) is 17.0 Å². The number of hydrogen-bond donors (Lipinski definition) is 2. The first-order valence-corrected chi connectivity index (χ1v) is 16.2. The van der Waals surface area contributed by atoms with Crippen LogP contribution in [0.5, 0.6) is 5.75 Å². The monoisotopic (exact) mass is 659 g/mol. The fourth-order valence-electron chi connectivity index (χ4n) is 5.63. The molecule has 13 heteroatoms. The molecule has 0 bridgehead atoms. The van der Waals surface area contributed by atoms with E-state index in [9.17, 15) is 28.3 Å². The molecule has 1 saturated carbocycles. The summed E-state index contributed by atoms with van der Waals surface area (Å²) in [5.74, 6) is -2.64. The molecular formula is C32H35F2N3O6S2. The summed E-state index contributed by atoms with van der Waals surface area (Å²) in [5, 5.41) is 12.1. The minimum absolute atomic E-state index is 0.0494. The van der Waals surface area contributed by atoms with Gasteiger partial charge >= 0.3 is 5.97 Å². The maximum absolute atomic E-state index is 14.7. The number of carboxylic acids is 1. The molecule has 0 spiro atoms. The Morgan fingerprint density at radius 3 is 2.56 bits per heavy atom. The highest BCUT2D eigenvalue weighted by molar-refractivity contribution is 8.26. The fourth-order valence-corrected chi connectivity index (χ4v) is 6.92. The molecule has 3 fully saturated rings. The number of thioether (sulfide) groups is 1. The third kappa shape index (κ3) is 8.66. The first-order valence-electron chi connectivity index (χ1n) is 15.0. The van der Waals surface area contributed by atoms with E-state index >= 15 is 0 Å². The summed E-state index contributed by atoms with van der Waals surface area (Å²) < 4.78 is 40.1. The van der Waals surface area contributed by atoms with Gasteiger partial charge in [0.15, 0.2) is 0 Å². The van der Waals surface area contributed by atoms with Crippen LogP contribution in [0, 0.1) is 17.6 Å². The van der Waals surface area contributed by atoms with Crippen molar-refractivity contribution in [3.8, 4) is 16.9 Å². The molecule has 9 nitrogen and oxygen atoms in total. The predicted octanol–water partition coefficient (Wildman–Crippen LogP) is 4.69. The lowest BCUT2D eigenvalue weighted by molar-refractivity contribution is -0.142. The highest BCUT2D eigenvalue weighted by atomic mass is 32.2. The minimum atomic E-state index is -0.803. The van der Waals surface area contributed by atoms with E-state index in [0.717, 1.165) is 30.9 Å². The van der Waals surface area contributed by atoms with Crippen molar-refractivity contribution in [2.45, 2.75) is 38.1 Å². The molecule has 5 rings (SSSR count). The summed E-state index contributed by atoms with van der Waals surface area (Å²) in [5.41, 5.74) is 1.23. The number of halogens is 2. The van der Waals surface area contributed by atoms with Gasteiger partial charge in [-0.3, -0.25) is 24.2 Å². The van der Waals surface area contributed by atoms with Gasteiger partial charge in [0.1, 0.15) is 28.3 Å². The third-order valence-corrected chi connectivity index (χ3v) is 9.56. The van der Waals surface area contributed by atoms with Crippen molar-refractivity contribution in [2.24, 2.45) is 5.92 Å². The van der Waals surface area contributed by atoms with E-state index in [1.54, 1.807) is 24.3 Å². The van der Waals surface area contributed by atoms with E-state index in [2.05, 4.69) is 10.2 Å². The zero-order valence-electron chi connectivity index (χ0n) is 24.6. The van der Waals surface area contributed by atoms with Gasteiger partial charge in [0, 0.05) is 55.8 Å². The molecule has 2 N–H and O–H groups in total. The average molecular weight is 660 g/mol. The largest absolute Gasteiger partial charge is 0.492 e. The second-order valence-corrected chi connectivity index (χ2v) is 12.9. The molecule has 0 radical (unpaired) electrons. The van der Waals surface area contributed by atoms with Crippen LogP contribution in [0.4, 0.5) is 8.78 Å². The highest BCUT2D eigenvalue weighted by Crippen LogP contribution is 2.36. The summed E-state index contributed by atoms with van der Waals surface area (Å²) in [6, 6.07) is 8.38. The number of hydrogen-bond acceptors (Lipinski definition) is 8. The van der Waals surface area contributed by atoms with Crippen molar-refractivity contribution in [1.29, 1.82) is 0 Å². The first kappa shape index (κ1) is 33.0. The number of amides is 2. The molecule has 0 atom stereocenters. The number of aliphatic carboxylic acids is 1. The molecule has 2 heterocycles. The number of thiocarbonyl (C=S) groups is 1. The second kappa shape index (κ2) is 15.3. The molecule has 2 aromatic carbocycles. The lowest BCUT2D eigenvalue weighted by Gasteiger charge is -2.27. The molecule has 0 aromatic heterocycles. The normalized spacial score (nSPS) is 21.7. The van der Waals surface area contributed by atoms with Crippen LogP contribution in [0.3, 0.4) is 0 Å². The van der Waals surface area contributed by atoms with Gasteiger partial charge in [0.25, 0.3) is 5.91 Å². The Morgan fingerprint density at radius 2 is 1.84 bits per heavy atom. The van der Waals surface area contributed by atoms with E-state index in [1.807, 2.05) is 0 Å². The standard InChI is InChI=1S/C32H35F2N3O6S2/c33-23-4-7-25(26(34)19-23)21-3-8-27(43-16-13-36-11-14-42-15-12-36)22(17-21)18-28-30(39)37(32(44)45-28)10-9-29(38)35-24-5-1-20(2-6-24)31(40)41/h3-4,7-8,17-20,24H,1-2,5-6,9-16H2,(H,35,38)(H,40,41). The highest BCUT2D eigenvalue weighted by Gasteiger charge is 2.33. The Kier molecular flexibility index (Phi) is 11.2. The van der Waals surface area contributed by atoms with Crippen LogP contribution >= 0.6 is 24.0 Å². The number of carbonyl (C=O) groups excluding carboxylic acids is 2. The van der Waals surface area contributed by atoms with Gasteiger partial charge in [-0.15, -0.1) is 0 Å². The Morgan fingerprint density at radius 1 is 1.09 bits per heavy atom. The third-order valence-electron chi connectivity index (χ3n) is 8.18. The minimum Gasteiger partial charge on any atom is -0.492 e. The molecular weight excluding hydrogens is 624 g/mol. The van der Waals surface area contributed by atoms with Crippen molar-refractivity contribution < 1.29 is 37.7 Å². The van der Waals surface area contributed by atoms with Crippen LogP contribution < -0.4 is 10.1 Å². The van der Waals surface area contributed by atoms with Gasteiger partial charge in [-0.25, -0.2) is 8.78 Å². The smallest absolute Gasteiger partial charge is 0.306 e. The zero-order chi connectivity index (χ0) is 31.9. The summed E-state index contributed by atoms with van der Waals surface area (Å²) >= 11 is 6.59. The number of benzene rings is 2. The number of nitrogens with one attached hydrogen (secondary N) is 1. The van der Waals surface area contributed by atoms with Gasteiger partial charge in [-0.2, -0.15) is 0 Å². The summed E-state index contributed by atoms with van der Waals surface area (Å²) in [4.78, 5) is 41.2. The Balaban J connectivity index is 1.27.